The minimum atomic E-state index is 0.0445. The third-order valence-electron chi connectivity index (χ3n) is 5.42. The lowest BCUT2D eigenvalue weighted by molar-refractivity contribution is 0.160. The fourth-order valence-corrected chi connectivity index (χ4v) is 4.05. The van der Waals surface area contributed by atoms with Gasteiger partial charge in [-0.15, -0.1) is 0 Å². The molecule has 1 fully saturated rings. The number of carbonyl (C=O) groups excluding carboxylic acids is 1. The van der Waals surface area contributed by atoms with Gasteiger partial charge in [-0.2, -0.15) is 5.10 Å². The molecule has 0 saturated carbocycles. The highest BCUT2D eigenvalue weighted by Gasteiger charge is 2.27. The van der Waals surface area contributed by atoms with E-state index in [0.717, 1.165) is 51.3 Å². The van der Waals surface area contributed by atoms with Crippen LogP contribution in [0, 0.1) is 0 Å². The molecule has 1 aromatic heterocycles. The fraction of sp³-hybridized carbons (Fsp3) is 0.500. The number of likely N-dealkylation sites (tertiary alicyclic amines) is 1. The average Bonchev–Trinajstić information content (AvgIpc) is 3.38. The molecule has 1 unspecified atom stereocenters. The Labute approximate surface area is 159 Å². The number of urea groups is 1. The molecule has 2 aromatic rings. The van der Waals surface area contributed by atoms with E-state index < -0.39 is 0 Å². The molecule has 2 aliphatic heterocycles. The van der Waals surface area contributed by atoms with Crippen molar-refractivity contribution >= 4 is 6.03 Å². The Balaban J connectivity index is 1.43. The molecule has 144 valence electrons. The molecule has 1 aromatic carbocycles. The van der Waals surface area contributed by atoms with Crippen molar-refractivity contribution < 1.29 is 9.53 Å². The lowest BCUT2D eigenvalue weighted by Crippen LogP contribution is -2.45. The smallest absolute Gasteiger partial charge is 0.317 e. The van der Waals surface area contributed by atoms with Gasteiger partial charge in [0.05, 0.1) is 18.8 Å². The Bertz CT molecular complexity index is 784. The van der Waals surface area contributed by atoms with Gasteiger partial charge < -0.3 is 15.0 Å². The van der Waals surface area contributed by atoms with Crippen molar-refractivity contribution in [3.8, 4) is 5.75 Å². The normalized spacial score (nSPS) is 19.7. The van der Waals surface area contributed by atoms with Gasteiger partial charge in [-0.25, -0.2) is 4.79 Å². The highest BCUT2D eigenvalue weighted by Crippen LogP contribution is 2.25. The summed E-state index contributed by atoms with van der Waals surface area (Å²) >= 11 is 0. The zero-order valence-corrected chi connectivity index (χ0v) is 15.8. The Kier molecular flexibility index (Phi) is 5.29. The Morgan fingerprint density at radius 3 is 2.89 bits per heavy atom. The molecule has 4 rings (SSSR count). The first kappa shape index (κ1) is 17.9. The highest BCUT2D eigenvalue weighted by molar-refractivity contribution is 5.74. The zero-order valence-electron chi connectivity index (χ0n) is 15.8. The van der Waals surface area contributed by atoms with E-state index in [1.807, 2.05) is 29.3 Å². The molecule has 27 heavy (non-hydrogen) atoms. The summed E-state index contributed by atoms with van der Waals surface area (Å²) in [7, 11) is 1.71. The minimum absolute atomic E-state index is 0.0445. The van der Waals surface area contributed by atoms with Crippen LogP contribution in [0.3, 0.4) is 0 Å². The molecule has 1 saturated heterocycles. The molecule has 0 aliphatic carbocycles. The van der Waals surface area contributed by atoms with Crippen LogP contribution in [0.4, 0.5) is 4.79 Å². The first-order chi connectivity index (χ1) is 13.2. The monoisotopic (exact) mass is 369 g/mol. The number of ether oxygens (including phenoxy) is 1. The maximum atomic E-state index is 12.3. The lowest BCUT2D eigenvalue weighted by Gasteiger charge is -2.34. The molecule has 1 N–H and O–H groups in total. The fourth-order valence-electron chi connectivity index (χ4n) is 4.05. The number of methoxy groups -OCH3 is 1. The summed E-state index contributed by atoms with van der Waals surface area (Å²) in [5.74, 6) is 0.912. The number of carbonyl (C=O) groups is 1. The van der Waals surface area contributed by atoms with Crippen LogP contribution in [0.2, 0.25) is 0 Å². The van der Waals surface area contributed by atoms with Gasteiger partial charge in [-0.3, -0.25) is 9.58 Å². The Morgan fingerprint density at radius 2 is 2.07 bits per heavy atom. The first-order valence-electron chi connectivity index (χ1n) is 9.64. The van der Waals surface area contributed by atoms with Crippen molar-refractivity contribution in [2.75, 3.05) is 33.3 Å². The third kappa shape index (κ3) is 3.93. The van der Waals surface area contributed by atoms with Crippen LogP contribution in [-0.2, 0) is 13.1 Å². The van der Waals surface area contributed by atoms with E-state index in [4.69, 9.17) is 4.74 Å². The summed E-state index contributed by atoms with van der Waals surface area (Å²) in [6, 6.07) is 10.4. The molecule has 0 radical (unpaired) electrons. The second-order valence-corrected chi connectivity index (χ2v) is 7.28. The molecule has 0 spiro atoms. The van der Waals surface area contributed by atoms with E-state index in [1.165, 1.54) is 11.3 Å². The molecule has 1 atom stereocenters. The second-order valence-electron chi connectivity index (χ2n) is 7.28. The number of para-hydroxylation sites is 1. The number of rotatable bonds is 5. The van der Waals surface area contributed by atoms with E-state index in [0.29, 0.717) is 6.54 Å². The van der Waals surface area contributed by atoms with Crippen LogP contribution in [0.25, 0.3) is 0 Å². The molecule has 2 aliphatic rings. The number of benzene rings is 1. The summed E-state index contributed by atoms with van der Waals surface area (Å²) < 4.78 is 7.56. The molecule has 0 bridgehead atoms. The lowest BCUT2D eigenvalue weighted by atomic mass is 10.1. The predicted molar refractivity (Wildman–Crippen MR) is 103 cm³/mol. The van der Waals surface area contributed by atoms with Gasteiger partial charge in [0.25, 0.3) is 0 Å². The number of hydrogen-bond donors (Lipinski definition) is 1. The van der Waals surface area contributed by atoms with Crippen LogP contribution in [0.1, 0.15) is 30.1 Å². The number of aromatic nitrogens is 2. The van der Waals surface area contributed by atoms with E-state index in [9.17, 15) is 4.79 Å². The Morgan fingerprint density at radius 1 is 1.26 bits per heavy atom. The number of amides is 2. The van der Waals surface area contributed by atoms with Crippen LogP contribution in [0.15, 0.2) is 36.5 Å². The molecule has 3 heterocycles. The van der Waals surface area contributed by atoms with Crippen molar-refractivity contribution in [1.29, 1.82) is 0 Å². The number of nitrogens with zero attached hydrogens (tertiary/aromatic N) is 4. The maximum absolute atomic E-state index is 12.3. The minimum Gasteiger partial charge on any atom is -0.496 e. The maximum Gasteiger partial charge on any atom is 0.317 e. The number of fused-ring (bicyclic) bond motifs is 1. The quantitative estimate of drug-likeness (QED) is 0.878. The summed E-state index contributed by atoms with van der Waals surface area (Å²) in [6.07, 6.45) is 4.05. The van der Waals surface area contributed by atoms with Crippen LogP contribution >= 0.6 is 0 Å². The third-order valence-corrected chi connectivity index (χ3v) is 5.42. The van der Waals surface area contributed by atoms with E-state index in [2.05, 4.69) is 32.1 Å². The van der Waals surface area contributed by atoms with Gasteiger partial charge in [-0.05, 0) is 25.0 Å². The zero-order chi connectivity index (χ0) is 18.6. The van der Waals surface area contributed by atoms with Gasteiger partial charge in [-0.1, -0.05) is 18.2 Å². The van der Waals surface area contributed by atoms with Gasteiger partial charge >= 0.3 is 6.03 Å². The molecular formula is C20H27N5O2. The van der Waals surface area contributed by atoms with E-state index in [1.54, 1.807) is 7.11 Å². The van der Waals surface area contributed by atoms with Gasteiger partial charge in [0.1, 0.15) is 5.75 Å². The SMILES string of the molecule is COc1ccccc1CN1Cc2ccnn2C(CNC(=O)N2CCCC2)C1. The van der Waals surface area contributed by atoms with Crippen molar-refractivity contribution in [2.45, 2.75) is 32.0 Å². The second kappa shape index (κ2) is 8.00. The molecule has 2 amide bonds. The Hall–Kier alpha value is -2.54. The van der Waals surface area contributed by atoms with E-state index >= 15 is 0 Å². The average molecular weight is 369 g/mol. The molecule has 7 heteroatoms. The predicted octanol–water partition coefficient (Wildman–Crippen LogP) is 2.25. The first-order valence-corrected chi connectivity index (χ1v) is 9.64. The largest absolute Gasteiger partial charge is 0.496 e. The summed E-state index contributed by atoms with van der Waals surface area (Å²) in [4.78, 5) is 16.6. The summed E-state index contributed by atoms with van der Waals surface area (Å²) in [5, 5.41) is 7.60. The molecular weight excluding hydrogens is 342 g/mol. The number of nitrogens with one attached hydrogen (secondary N) is 1. The van der Waals surface area contributed by atoms with Crippen LogP contribution in [-0.4, -0.2) is 58.9 Å². The van der Waals surface area contributed by atoms with Gasteiger partial charge in [0.2, 0.25) is 0 Å². The van der Waals surface area contributed by atoms with Crippen molar-refractivity contribution in [3.63, 3.8) is 0 Å². The van der Waals surface area contributed by atoms with Crippen LogP contribution in [0.5, 0.6) is 5.75 Å². The van der Waals surface area contributed by atoms with E-state index in [-0.39, 0.29) is 12.1 Å². The van der Waals surface area contributed by atoms with Crippen molar-refractivity contribution in [1.82, 2.24) is 24.9 Å². The summed E-state index contributed by atoms with van der Waals surface area (Å²) in [5.41, 5.74) is 2.35. The van der Waals surface area contributed by atoms with Crippen molar-refractivity contribution in [3.05, 3.63) is 47.8 Å². The standard InChI is InChI=1S/C20H27N5O2/c1-27-19-7-3-2-6-16(19)13-23-14-17-8-9-22-25(17)18(15-23)12-21-20(26)24-10-4-5-11-24/h2-3,6-9,18H,4-5,10-15H2,1H3,(H,21,26). The highest BCUT2D eigenvalue weighted by atomic mass is 16.5. The molecule has 7 nitrogen and oxygen atoms in total. The van der Waals surface area contributed by atoms with Gasteiger partial charge in [0, 0.05) is 51.0 Å². The van der Waals surface area contributed by atoms with Crippen molar-refractivity contribution in [2.24, 2.45) is 0 Å². The summed E-state index contributed by atoms with van der Waals surface area (Å²) in [6.45, 7) is 4.81. The topological polar surface area (TPSA) is 62.6 Å². The van der Waals surface area contributed by atoms with Crippen LogP contribution < -0.4 is 10.1 Å². The number of hydrogen-bond acceptors (Lipinski definition) is 4. The van der Waals surface area contributed by atoms with Gasteiger partial charge in [0.15, 0.2) is 0 Å².